The molecule has 2 aromatic rings. The Morgan fingerprint density at radius 1 is 1.17 bits per heavy atom. The van der Waals surface area contributed by atoms with Crippen molar-refractivity contribution in [3.05, 3.63) is 41.3 Å². The Kier molecular flexibility index (Phi) is 7.27. The lowest BCUT2D eigenvalue weighted by Crippen LogP contribution is -2.48. The predicted octanol–water partition coefficient (Wildman–Crippen LogP) is 3.06. The van der Waals surface area contributed by atoms with Gasteiger partial charge in [0, 0.05) is 44.4 Å². The average molecular weight is 438 g/mol. The number of carbonyl (C=O) groups excluding carboxylic acids is 2. The topological polar surface area (TPSA) is 78.4 Å². The third kappa shape index (κ3) is 6.04. The smallest absolute Gasteiger partial charge is 0.234 e. The first-order valence-corrected chi connectivity index (χ1v) is 10.6. The van der Waals surface area contributed by atoms with Crippen LogP contribution in [0, 0.1) is 5.82 Å². The predicted molar refractivity (Wildman–Crippen MR) is 112 cm³/mol. The number of aromatic nitrogens is 2. The zero-order valence-electron chi connectivity index (χ0n) is 15.9. The molecule has 7 nitrogen and oxygen atoms in total. The molecule has 3 rings (SSSR count). The molecule has 0 saturated carbocycles. The molecule has 1 aliphatic heterocycles. The molecule has 0 aliphatic carbocycles. The van der Waals surface area contributed by atoms with Gasteiger partial charge in [-0.1, -0.05) is 30.3 Å². The highest BCUT2D eigenvalue weighted by Crippen LogP contribution is 2.23. The lowest BCUT2D eigenvalue weighted by atomic mass is 10.3. The Labute approximate surface area is 177 Å². The van der Waals surface area contributed by atoms with Gasteiger partial charge >= 0.3 is 0 Å². The van der Waals surface area contributed by atoms with E-state index < -0.39 is 0 Å². The van der Waals surface area contributed by atoms with Crippen LogP contribution in [0.5, 0.6) is 0 Å². The van der Waals surface area contributed by atoms with E-state index >= 15 is 0 Å². The van der Waals surface area contributed by atoms with Crippen LogP contribution in [-0.4, -0.2) is 58.6 Å². The Bertz CT molecular complexity index is 875. The number of carbonyl (C=O) groups is 2. The van der Waals surface area contributed by atoms with E-state index in [-0.39, 0.29) is 23.4 Å². The summed E-state index contributed by atoms with van der Waals surface area (Å²) in [4.78, 5) is 36.5. The van der Waals surface area contributed by atoms with E-state index in [0.29, 0.717) is 54.4 Å². The second-order valence-corrected chi connectivity index (χ2v) is 7.73. The van der Waals surface area contributed by atoms with Crippen LogP contribution in [0.4, 0.5) is 15.9 Å². The highest BCUT2D eigenvalue weighted by molar-refractivity contribution is 7.99. The third-order valence-corrected chi connectivity index (χ3v) is 5.42. The first kappa shape index (κ1) is 21.3. The first-order valence-electron chi connectivity index (χ1n) is 9.20. The van der Waals surface area contributed by atoms with Gasteiger partial charge in [0.1, 0.15) is 16.8 Å². The minimum Gasteiger partial charge on any atom is -0.353 e. The van der Waals surface area contributed by atoms with Crippen molar-refractivity contribution in [3.63, 3.8) is 0 Å². The Morgan fingerprint density at radius 2 is 1.86 bits per heavy atom. The van der Waals surface area contributed by atoms with Gasteiger partial charge < -0.3 is 15.1 Å². The number of nitrogens with zero attached hydrogens (tertiary/aromatic N) is 4. The molecule has 1 fully saturated rings. The summed E-state index contributed by atoms with van der Waals surface area (Å²) in [5.74, 6) is 0.301. The normalized spacial score (nSPS) is 14.0. The van der Waals surface area contributed by atoms with E-state index in [1.165, 1.54) is 36.0 Å². The highest BCUT2D eigenvalue weighted by atomic mass is 35.5. The summed E-state index contributed by atoms with van der Waals surface area (Å²) in [6.45, 7) is 4.45. The molecule has 1 aromatic carbocycles. The summed E-state index contributed by atoms with van der Waals surface area (Å²) in [5, 5.41) is 3.38. The largest absolute Gasteiger partial charge is 0.353 e. The molecule has 0 radical (unpaired) electrons. The van der Waals surface area contributed by atoms with Crippen LogP contribution in [0.25, 0.3) is 0 Å². The number of hydrogen-bond acceptors (Lipinski definition) is 6. The maximum absolute atomic E-state index is 12.9. The fourth-order valence-corrected chi connectivity index (χ4v) is 3.76. The maximum Gasteiger partial charge on any atom is 0.234 e. The molecule has 2 amide bonds. The monoisotopic (exact) mass is 437 g/mol. The fourth-order valence-electron chi connectivity index (χ4n) is 2.88. The molecule has 1 N–H and O–H groups in total. The molecule has 0 atom stereocenters. The molecule has 0 spiro atoms. The number of piperazine rings is 1. The molecular formula is C19H21ClFN5O2S. The number of anilines is 2. The van der Waals surface area contributed by atoms with Crippen LogP contribution in [0.15, 0.2) is 35.5 Å². The highest BCUT2D eigenvalue weighted by Gasteiger charge is 2.21. The van der Waals surface area contributed by atoms with Crippen molar-refractivity contribution in [1.29, 1.82) is 0 Å². The van der Waals surface area contributed by atoms with Gasteiger partial charge in [0.2, 0.25) is 11.8 Å². The van der Waals surface area contributed by atoms with Gasteiger partial charge in [-0.2, -0.15) is 0 Å². The molecule has 1 aliphatic rings. The third-order valence-electron chi connectivity index (χ3n) is 4.38. The average Bonchev–Trinajstić information content (AvgIpc) is 2.73. The summed E-state index contributed by atoms with van der Waals surface area (Å²) in [6, 6.07) is 7.23. The van der Waals surface area contributed by atoms with Crippen molar-refractivity contribution in [2.45, 2.75) is 18.5 Å². The maximum atomic E-state index is 12.9. The summed E-state index contributed by atoms with van der Waals surface area (Å²) in [5.41, 5.74) is 0.518. The van der Waals surface area contributed by atoms with Crippen LogP contribution in [0.1, 0.15) is 13.3 Å². The quantitative estimate of drug-likeness (QED) is 0.425. The van der Waals surface area contributed by atoms with Gasteiger partial charge in [-0.25, -0.2) is 14.4 Å². The second kappa shape index (κ2) is 9.89. The van der Waals surface area contributed by atoms with E-state index in [0.717, 1.165) is 0 Å². The van der Waals surface area contributed by atoms with Gasteiger partial charge in [-0.3, -0.25) is 9.59 Å². The SMILES string of the molecule is CCC(=O)N1CCN(c2cc(Cl)nc(SCC(=O)Nc3ccc(F)cc3)n2)CC1. The first-order chi connectivity index (χ1) is 13.9. The molecule has 154 valence electrons. The number of amides is 2. The molecule has 1 saturated heterocycles. The van der Waals surface area contributed by atoms with E-state index in [9.17, 15) is 14.0 Å². The van der Waals surface area contributed by atoms with Crippen LogP contribution < -0.4 is 10.2 Å². The summed E-state index contributed by atoms with van der Waals surface area (Å²) >= 11 is 7.31. The van der Waals surface area contributed by atoms with Crippen LogP contribution in [0.3, 0.4) is 0 Å². The fraction of sp³-hybridized carbons (Fsp3) is 0.368. The zero-order chi connectivity index (χ0) is 20.8. The number of hydrogen-bond donors (Lipinski definition) is 1. The number of halogens is 2. The molecule has 0 bridgehead atoms. The van der Waals surface area contributed by atoms with E-state index in [4.69, 9.17) is 11.6 Å². The minimum atomic E-state index is -0.364. The van der Waals surface area contributed by atoms with Gasteiger partial charge in [-0.05, 0) is 24.3 Å². The van der Waals surface area contributed by atoms with Crippen molar-refractivity contribution < 1.29 is 14.0 Å². The molecular weight excluding hydrogens is 417 g/mol. The van der Waals surface area contributed by atoms with Crippen molar-refractivity contribution in [1.82, 2.24) is 14.9 Å². The van der Waals surface area contributed by atoms with Crippen molar-refractivity contribution in [2.24, 2.45) is 0 Å². The zero-order valence-corrected chi connectivity index (χ0v) is 17.5. The molecule has 29 heavy (non-hydrogen) atoms. The van der Waals surface area contributed by atoms with E-state index in [1.807, 2.05) is 11.8 Å². The van der Waals surface area contributed by atoms with Crippen LogP contribution in [0.2, 0.25) is 5.15 Å². The van der Waals surface area contributed by atoms with Gasteiger partial charge in [0.05, 0.1) is 5.75 Å². The lowest BCUT2D eigenvalue weighted by Gasteiger charge is -2.35. The Hall–Kier alpha value is -2.39. The standard InChI is InChI=1S/C19H21ClFN5O2S/c1-2-18(28)26-9-7-25(8-10-26)16-11-15(20)23-19(24-16)29-12-17(27)22-14-5-3-13(21)4-6-14/h3-6,11H,2,7-10,12H2,1H3,(H,22,27). The van der Waals surface area contributed by atoms with Crippen molar-refractivity contribution >= 4 is 46.7 Å². The van der Waals surface area contributed by atoms with E-state index in [1.54, 1.807) is 6.07 Å². The van der Waals surface area contributed by atoms with Gasteiger partial charge in [0.15, 0.2) is 5.16 Å². The van der Waals surface area contributed by atoms with Crippen LogP contribution >= 0.6 is 23.4 Å². The van der Waals surface area contributed by atoms with E-state index in [2.05, 4.69) is 20.2 Å². The molecule has 2 heterocycles. The lowest BCUT2D eigenvalue weighted by molar-refractivity contribution is -0.131. The Balaban J connectivity index is 1.57. The number of nitrogens with one attached hydrogen (secondary N) is 1. The molecule has 10 heteroatoms. The van der Waals surface area contributed by atoms with Gasteiger partial charge in [0.25, 0.3) is 0 Å². The minimum absolute atomic E-state index is 0.0932. The summed E-state index contributed by atoms with van der Waals surface area (Å²) in [6.07, 6.45) is 0.500. The van der Waals surface area contributed by atoms with Crippen molar-refractivity contribution in [3.8, 4) is 0 Å². The number of benzene rings is 1. The summed E-state index contributed by atoms with van der Waals surface area (Å²) in [7, 11) is 0. The number of thioether (sulfide) groups is 1. The van der Waals surface area contributed by atoms with Gasteiger partial charge in [-0.15, -0.1) is 0 Å². The summed E-state index contributed by atoms with van der Waals surface area (Å²) < 4.78 is 12.9. The van der Waals surface area contributed by atoms with Crippen LogP contribution in [-0.2, 0) is 9.59 Å². The molecule has 1 aromatic heterocycles. The second-order valence-electron chi connectivity index (χ2n) is 6.40. The Morgan fingerprint density at radius 3 is 2.52 bits per heavy atom. The molecule has 0 unspecified atom stereocenters. The van der Waals surface area contributed by atoms with Crippen molar-refractivity contribution in [2.75, 3.05) is 42.1 Å². The number of rotatable bonds is 6.